The van der Waals surface area contributed by atoms with Gasteiger partial charge in [0.2, 0.25) is 5.95 Å². The van der Waals surface area contributed by atoms with Crippen molar-refractivity contribution in [2.75, 3.05) is 12.3 Å². The molecule has 2 rings (SSSR count). The van der Waals surface area contributed by atoms with Crippen LogP contribution in [-0.4, -0.2) is 54.2 Å². The van der Waals surface area contributed by atoms with Crippen LogP contribution in [0.15, 0.2) is 11.1 Å². The van der Waals surface area contributed by atoms with Crippen molar-refractivity contribution in [3.63, 3.8) is 0 Å². The van der Waals surface area contributed by atoms with Crippen molar-refractivity contribution in [2.45, 2.75) is 31.0 Å². The third kappa shape index (κ3) is 2.14. The third-order valence-corrected chi connectivity index (χ3v) is 2.84. The molecule has 20 heavy (non-hydrogen) atoms. The molecule has 1 aromatic rings. The summed E-state index contributed by atoms with van der Waals surface area (Å²) in [6, 6.07) is 0. The molecular formula is C11H14N4O5. The number of anilines is 1. The van der Waals surface area contributed by atoms with E-state index in [0.29, 0.717) is 4.57 Å². The number of nitrogens with two attached hydrogens (primary N) is 1. The summed E-state index contributed by atoms with van der Waals surface area (Å²) in [6.07, 6.45) is -4.47. The van der Waals surface area contributed by atoms with Gasteiger partial charge in [-0.3, -0.25) is 4.57 Å². The highest BCUT2D eigenvalue weighted by Gasteiger charge is 2.55. The van der Waals surface area contributed by atoms with E-state index in [9.17, 15) is 20.1 Å². The predicted octanol–water partition coefficient (Wildman–Crippen LogP) is -2.77. The van der Waals surface area contributed by atoms with Gasteiger partial charge in [0.25, 0.3) is 0 Å². The highest BCUT2D eigenvalue weighted by Crippen LogP contribution is 2.37. The van der Waals surface area contributed by atoms with Crippen LogP contribution >= 0.6 is 0 Å². The van der Waals surface area contributed by atoms with Crippen LogP contribution in [0.1, 0.15) is 15.9 Å². The molecule has 0 spiro atoms. The lowest BCUT2D eigenvalue weighted by Gasteiger charge is -2.26. The second-order valence-corrected chi connectivity index (χ2v) is 4.09. The Kier molecular flexibility index (Phi) is 3.06. The van der Waals surface area contributed by atoms with E-state index in [4.69, 9.17) is 13.2 Å². The number of ether oxygens (including phenoxy) is 1. The molecule has 1 fully saturated rings. The number of aliphatic hydroxyl groups is 3. The van der Waals surface area contributed by atoms with Crippen molar-refractivity contribution in [1.82, 2.24) is 14.5 Å². The molecule has 0 saturated carbocycles. The second-order valence-electron chi connectivity index (χ2n) is 4.09. The Morgan fingerprint density at radius 2 is 2.45 bits per heavy atom. The average molecular weight is 284 g/mol. The molecule has 1 aromatic heterocycles. The standard InChI is InChI=1S/C11H14N4O5/c1-2-3-11(19)7(17)6(4-16)20-8(11)15-5-13-9(12)14-10(15)18/h5-8,16-17,19H,4H2,1H3,(H2,12,14,18)/t6-,7+,8-,11?/m1/s1/i4D2. The van der Waals surface area contributed by atoms with Gasteiger partial charge in [-0.25, -0.2) is 9.78 Å². The highest BCUT2D eigenvalue weighted by atomic mass is 16.6. The minimum absolute atomic E-state index is 0.307. The molecule has 1 saturated heterocycles. The first-order valence-electron chi connectivity index (χ1n) is 6.54. The van der Waals surface area contributed by atoms with Gasteiger partial charge in [-0.15, -0.1) is 5.92 Å². The molecular weight excluding hydrogens is 268 g/mol. The molecule has 0 aromatic carbocycles. The van der Waals surface area contributed by atoms with Gasteiger partial charge in [0.05, 0.1) is 9.30 Å². The molecule has 1 aliphatic rings. The van der Waals surface area contributed by atoms with Gasteiger partial charge >= 0.3 is 5.69 Å². The van der Waals surface area contributed by atoms with Crippen molar-refractivity contribution in [3.05, 3.63) is 16.8 Å². The number of hydrogen-bond donors (Lipinski definition) is 4. The predicted molar refractivity (Wildman–Crippen MR) is 66.1 cm³/mol. The SMILES string of the molecule is [2H]C([2H])(O)[C@H]1O[C@@H](n2cnc(N)nc2=O)C(O)(C#CC)[C@H]1O. The molecule has 4 atom stereocenters. The number of hydrogen-bond acceptors (Lipinski definition) is 8. The zero-order valence-electron chi connectivity index (χ0n) is 12.4. The van der Waals surface area contributed by atoms with Gasteiger partial charge in [-0.1, -0.05) is 5.92 Å². The van der Waals surface area contributed by atoms with Gasteiger partial charge in [0, 0.05) is 0 Å². The smallest absolute Gasteiger partial charge is 0.354 e. The molecule has 1 aliphatic heterocycles. The van der Waals surface area contributed by atoms with Crippen LogP contribution in [0.25, 0.3) is 0 Å². The summed E-state index contributed by atoms with van der Waals surface area (Å²) in [5, 5.41) is 30.0. The largest absolute Gasteiger partial charge is 0.394 e. The number of nitrogen functional groups attached to an aromatic ring is 1. The Balaban J connectivity index is 2.57. The molecule has 0 bridgehead atoms. The average Bonchev–Trinajstić information content (AvgIpc) is 2.63. The minimum atomic E-state index is -2.98. The van der Waals surface area contributed by atoms with Crippen LogP contribution < -0.4 is 11.4 Å². The fourth-order valence-corrected chi connectivity index (χ4v) is 1.92. The first-order chi connectivity index (χ1) is 10.1. The Hall–Kier alpha value is -1.99. The Bertz CT molecular complexity index is 694. The summed E-state index contributed by atoms with van der Waals surface area (Å²) < 4.78 is 20.3. The first-order valence-corrected chi connectivity index (χ1v) is 5.54. The van der Waals surface area contributed by atoms with E-state index in [1.165, 1.54) is 6.92 Å². The number of nitrogens with zero attached hydrogens (tertiary/aromatic N) is 3. The molecule has 5 N–H and O–H groups in total. The number of rotatable bonds is 2. The van der Waals surface area contributed by atoms with Gasteiger partial charge < -0.3 is 25.8 Å². The summed E-state index contributed by atoms with van der Waals surface area (Å²) in [5.74, 6) is 4.32. The molecule has 2 heterocycles. The van der Waals surface area contributed by atoms with Crippen molar-refractivity contribution in [1.29, 1.82) is 0 Å². The zero-order valence-corrected chi connectivity index (χ0v) is 10.4. The van der Waals surface area contributed by atoms with Crippen molar-refractivity contribution >= 4 is 5.95 Å². The molecule has 1 unspecified atom stereocenters. The Morgan fingerprint density at radius 1 is 1.75 bits per heavy atom. The molecule has 0 amide bonds. The van der Waals surface area contributed by atoms with E-state index in [0.717, 1.165) is 6.33 Å². The molecule has 108 valence electrons. The van der Waals surface area contributed by atoms with E-state index in [2.05, 4.69) is 21.8 Å². The van der Waals surface area contributed by atoms with Crippen LogP contribution in [0.5, 0.6) is 0 Å². The monoisotopic (exact) mass is 284 g/mol. The molecule has 0 aliphatic carbocycles. The lowest BCUT2D eigenvalue weighted by Crippen LogP contribution is -2.47. The minimum Gasteiger partial charge on any atom is -0.394 e. The van der Waals surface area contributed by atoms with E-state index in [-0.39, 0.29) is 5.95 Å². The van der Waals surface area contributed by atoms with E-state index < -0.39 is 36.3 Å². The maximum Gasteiger partial charge on any atom is 0.354 e. The number of aliphatic hydroxyl groups excluding tert-OH is 1. The topological polar surface area (TPSA) is 144 Å². The summed E-state index contributed by atoms with van der Waals surface area (Å²) in [7, 11) is 0. The Labute approximate surface area is 116 Å². The van der Waals surface area contributed by atoms with E-state index in [1.807, 2.05) is 0 Å². The lowest BCUT2D eigenvalue weighted by atomic mass is 9.94. The van der Waals surface area contributed by atoms with Crippen molar-refractivity contribution < 1.29 is 22.8 Å². The number of aromatic nitrogens is 3. The van der Waals surface area contributed by atoms with Crippen LogP contribution in [0, 0.1) is 11.8 Å². The summed E-state index contributed by atoms with van der Waals surface area (Å²) >= 11 is 0. The van der Waals surface area contributed by atoms with Crippen LogP contribution in [0.4, 0.5) is 5.95 Å². The third-order valence-electron chi connectivity index (χ3n) is 2.84. The maximum absolute atomic E-state index is 11.8. The Morgan fingerprint density at radius 3 is 3.00 bits per heavy atom. The first kappa shape index (κ1) is 11.8. The lowest BCUT2D eigenvalue weighted by molar-refractivity contribution is -0.0769. The summed E-state index contributed by atoms with van der Waals surface area (Å²) in [5.41, 5.74) is 1.97. The fourth-order valence-electron chi connectivity index (χ4n) is 1.92. The molecule has 9 nitrogen and oxygen atoms in total. The van der Waals surface area contributed by atoms with E-state index >= 15 is 0 Å². The highest BCUT2D eigenvalue weighted by molar-refractivity contribution is 5.22. The van der Waals surface area contributed by atoms with Crippen LogP contribution in [-0.2, 0) is 4.74 Å². The van der Waals surface area contributed by atoms with Crippen LogP contribution in [0.2, 0.25) is 0 Å². The molecule has 0 radical (unpaired) electrons. The quantitative estimate of drug-likeness (QED) is 0.427. The summed E-state index contributed by atoms with van der Waals surface area (Å²) in [6.45, 7) is -1.61. The summed E-state index contributed by atoms with van der Waals surface area (Å²) in [4.78, 5) is 18.8. The van der Waals surface area contributed by atoms with Crippen molar-refractivity contribution in [3.8, 4) is 11.8 Å². The van der Waals surface area contributed by atoms with Gasteiger partial charge in [0.15, 0.2) is 11.8 Å². The van der Waals surface area contributed by atoms with Gasteiger partial charge in [-0.05, 0) is 6.92 Å². The van der Waals surface area contributed by atoms with Gasteiger partial charge in [-0.2, -0.15) is 4.98 Å². The maximum atomic E-state index is 11.8. The second kappa shape index (κ2) is 5.18. The molecule has 9 heteroatoms. The normalized spacial score (nSPS) is 34.9. The van der Waals surface area contributed by atoms with Crippen LogP contribution in [0.3, 0.4) is 0 Å². The van der Waals surface area contributed by atoms with Gasteiger partial charge in [0.1, 0.15) is 18.5 Å². The van der Waals surface area contributed by atoms with E-state index in [1.54, 1.807) is 0 Å². The zero-order chi connectivity index (χ0) is 16.7. The fraction of sp³-hybridized carbons (Fsp3) is 0.545. The van der Waals surface area contributed by atoms with Crippen molar-refractivity contribution in [2.24, 2.45) is 0 Å².